The topological polar surface area (TPSA) is 58.6 Å². The van der Waals surface area contributed by atoms with E-state index in [1.807, 2.05) is 23.3 Å². The zero-order valence-corrected chi connectivity index (χ0v) is 17.9. The molecule has 1 aromatic heterocycles. The van der Waals surface area contributed by atoms with Crippen LogP contribution in [0, 0.1) is 11.8 Å². The summed E-state index contributed by atoms with van der Waals surface area (Å²) in [5.74, 6) is 1.84. The van der Waals surface area contributed by atoms with Gasteiger partial charge in [-0.25, -0.2) is 9.97 Å². The molecule has 0 N–H and O–H groups in total. The number of rotatable bonds is 4. The first-order chi connectivity index (χ1) is 13.1. The quantitative estimate of drug-likeness (QED) is 0.559. The number of carbonyl (C=O) groups is 1. The van der Waals surface area contributed by atoms with E-state index < -0.39 is 0 Å². The lowest BCUT2D eigenvalue weighted by molar-refractivity contribution is 0.0766. The van der Waals surface area contributed by atoms with Gasteiger partial charge in [0.25, 0.3) is 5.91 Å². The maximum atomic E-state index is 12.9. The van der Waals surface area contributed by atoms with E-state index in [0.717, 1.165) is 25.4 Å². The van der Waals surface area contributed by atoms with Crippen LogP contribution in [0.1, 0.15) is 22.0 Å². The molecule has 3 heterocycles. The monoisotopic (exact) mass is 420 g/mol. The van der Waals surface area contributed by atoms with Crippen LogP contribution in [0.15, 0.2) is 41.8 Å². The third-order valence-electron chi connectivity index (χ3n) is 5.70. The maximum Gasteiger partial charge on any atom is 0.257 e. The molecule has 0 unspecified atom stereocenters. The lowest BCUT2D eigenvalue weighted by Crippen LogP contribution is -2.33. The Morgan fingerprint density at radius 1 is 1.14 bits per heavy atom. The van der Waals surface area contributed by atoms with Crippen molar-refractivity contribution in [1.29, 1.82) is 0 Å². The molecule has 2 aliphatic heterocycles. The van der Waals surface area contributed by atoms with Crippen LogP contribution in [-0.2, 0) is 0 Å². The molecule has 1 amide bonds. The van der Waals surface area contributed by atoms with Crippen molar-refractivity contribution in [2.45, 2.75) is 11.2 Å². The van der Waals surface area contributed by atoms with E-state index in [0.29, 0.717) is 28.6 Å². The van der Waals surface area contributed by atoms with Crippen molar-refractivity contribution in [2.24, 2.45) is 11.8 Å². The molecule has 150 valence electrons. The Labute approximate surface area is 176 Å². The summed E-state index contributed by atoms with van der Waals surface area (Å²) in [5.41, 5.74) is 1.86. The van der Waals surface area contributed by atoms with Gasteiger partial charge in [-0.1, -0.05) is 23.9 Å². The average Bonchev–Trinajstić information content (AvgIpc) is 3.24. The molecule has 2 aromatic rings. The van der Waals surface area contributed by atoms with Crippen LogP contribution < -0.4 is 4.74 Å². The number of halogens is 1. The summed E-state index contributed by atoms with van der Waals surface area (Å²) in [4.78, 5) is 25.7. The predicted octanol–water partition coefficient (Wildman–Crippen LogP) is 3.00. The summed E-state index contributed by atoms with van der Waals surface area (Å²) >= 11 is 1.47. The van der Waals surface area contributed by atoms with Gasteiger partial charge >= 0.3 is 0 Å². The van der Waals surface area contributed by atoms with E-state index in [2.05, 4.69) is 34.0 Å². The Morgan fingerprint density at radius 2 is 1.82 bits per heavy atom. The number of likely N-dealkylation sites (tertiary alicyclic amines) is 2. The van der Waals surface area contributed by atoms with Crippen LogP contribution >= 0.6 is 24.2 Å². The van der Waals surface area contributed by atoms with E-state index in [9.17, 15) is 4.79 Å². The number of hydrogen-bond donors (Lipinski definition) is 0. The third kappa shape index (κ3) is 3.83. The van der Waals surface area contributed by atoms with Crippen LogP contribution in [0.3, 0.4) is 0 Å². The smallest absolute Gasteiger partial charge is 0.257 e. The first-order valence-corrected chi connectivity index (χ1v) is 10.3. The highest BCUT2D eigenvalue weighted by atomic mass is 35.5. The van der Waals surface area contributed by atoms with Crippen molar-refractivity contribution in [2.75, 3.05) is 40.0 Å². The van der Waals surface area contributed by atoms with E-state index in [4.69, 9.17) is 4.74 Å². The van der Waals surface area contributed by atoms with Gasteiger partial charge in [0.15, 0.2) is 5.16 Å². The Bertz CT molecular complexity index is 818. The summed E-state index contributed by atoms with van der Waals surface area (Å²) in [7, 11) is 3.86. The van der Waals surface area contributed by atoms with Gasteiger partial charge < -0.3 is 9.64 Å². The standard InChI is InChI=1S/C20H24N4O2S.ClH/c1-23-10-15-11-24(19(25)14-8-21-20(27-3)22-9-14)12-17(15)18(23)13-4-6-16(26-2)7-5-13;/h4-9,15,17-18H,10-12H2,1-3H3;1H/t15-,17+,18+;/m0./s1. The first kappa shape index (κ1) is 20.9. The van der Waals surface area contributed by atoms with Crippen LogP contribution in [0.25, 0.3) is 0 Å². The Hall–Kier alpha value is -1.83. The molecule has 6 nitrogen and oxygen atoms in total. The number of hydrogen-bond acceptors (Lipinski definition) is 6. The number of nitrogens with zero attached hydrogens (tertiary/aromatic N) is 4. The van der Waals surface area contributed by atoms with E-state index in [-0.39, 0.29) is 18.3 Å². The zero-order chi connectivity index (χ0) is 19.0. The number of methoxy groups -OCH3 is 1. The summed E-state index contributed by atoms with van der Waals surface area (Å²) in [6.07, 6.45) is 5.21. The van der Waals surface area contributed by atoms with Crippen LogP contribution in [0.2, 0.25) is 0 Å². The number of amides is 1. The first-order valence-electron chi connectivity index (χ1n) is 9.10. The number of ether oxygens (including phenoxy) is 1. The summed E-state index contributed by atoms with van der Waals surface area (Å²) in [5, 5.41) is 0.686. The number of benzene rings is 1. The van der Waals surface area contributed by atoms with Crippen LogP contribution in [0.4, 0.5) is 0 Å². The fraction of sp³-hybridized carbons (Fsp3) is 0.450. The SMILES string of the molecule is COc1ccc([C@@H]2[C@@H]3CN(C(=O)c4cnc(SC)nc4)C[C@@H]3CN2C)cc1.Cl. The van der Waals surface area contributed by atoms with E-state index in [1.165, 1.54) is 17.3 Å². The lowest BCUT2D eigenvalue weighted by Gasteiger charge is -2.27. The zero-order valence-electron chi connectivity index (χ0n) is 16.2. The van der Waals surface area contributed by atoms with E-state index >= 15 is 0 Å². The van der Waals surface area contributed by atoms with Crippen molar-refractivity contribution in [3.8, 4) is 5.75 Å². The molecule has 2 aliphatic rings. The molecule has 28 heavy (non-hydrogen) atoms. The summed E-state index contributed by atoms with van der Waals surface area (Å²) < 4.78 is 5.28. The average molecular weight is 421 g/mol. The van der Waals surface area contributed by atoms with Gasteiger partial charge in [0, 0.05) is 44.0 Å². The minimum absolute atomic E-state index is 0. The molecule has 0 bridgehead atoms. The fourth-order valence-electron chi connectivity index (χ4n) is 4.44. The molecule has 0 spiro atoms. The van der Waals surface area contributed by atoms with Crippen molar-refractivity contribution < 1.29 is 9.53 Å². The number of fused-ring (bicyclic) bond motifs is 1. The minimum Gasteiger partial charge on any atom is -0.497 e. The third-order valence-corrected chi connectivity index (χ3v) is 6.27. The molecule has 0 radical (unpaired) electrons. The minimum atomic E-state index is 0. The number of carbonyl (C=O) groups excluding carboxylic acids is 1. The van der Waals surface area contributed by atoms with Gasteiger partial charge in [0.2, 0.25) is 0 Å². The Balaban J connectivity index is 0.00000225. The maximum absolute atomic E-state index is 12.9. The highest BCUT2D eigenvalue weighted by molar-refractivity contribution is 7.98. The molecular formula is C20H25ClN4O2S. The largest absolute Gasteiger partial charge is 0.497 e. The molecule has 2 fully saturated rings. The molecule has 1 aromatic carbocycles. The second-order valence-corrected chi connectivity index (χ2v) is 8.02. The van der Waals surface area contributed by atoms with Crippen molar-refractivity contribution in [1.82, 2.24) is 19.8 Å². The molecule has 3 atom stereocenters. The summed E-state index contributed by atoms with van der Waals surface area (Å²) in [6, 6.07) is 8.63. The van der Waals surface area contributed by atoms with Crippen molar-refractivity contribution >= 4 is 30.1 Å². The molecule has 0 aliphatic carbocycles. The molecule has 0 saturated carbocycles. The van der Waals surface area contributed by atoms with Crippen LogP contribution in [-0.4, -0.2) is 65.7 Å². The van der Waals surface area contributed by atoms with Crippen LogP contribution in [0.5, 0.6) is 5.75 Å². The Kier molecular flexibility index (Phi) is 6.47. The lowest BCUT2D eigenvalue weighted by atomic mass is 9.89. The molecule has 4 rings (SSSR count). The van der Waals surface area contributed by atoms with Gasteiger partial charge in [-0.05, 0) is 36.9 Å². The summed E-state index contributed by atoms with van der Waals surface area (Å²) in [6.45, 7) is 2.58. The van der Waals surface area contributed by atoms with Gasteiger partial charge in [-0.15, -0.1) is 12.4 Å². The highest BCUT2D eigenvalue weighted by Gasteiger charge is 2.47. The van der Waals surface area contributed by atoms with Crippen molar-refractivity contribution in [3.05, 3.63) is 47.8 Å². The predicted molar refractivity (Wildman–Crippen MR) is 112 cm³/mol. The van der Waals surface area contributed by atoms with Gasteiger partial charge in [-0.3, -0.25) is 9.69 Å². The van der Waals surface area contributed by atoms with E-state index in [1.54, 1.807) is 19.5 Å². The molecular weight excluding hydrogens is 396 g/mol. The highest BCUT2D eigenvalue weighted by Crippen LogP contribution is 2.44. The Morgan fingerprint density at radius 3 is 2.43 bits per heavy atom. The second kappa shape index (κ2) is 8.68. The normalized spacial score (nSPS) is 24.0. The second-order valence-electron chi connectivity index (χ2n) is 7.25. The van der Waals surface area contributed by atoms with Gasteiger partial charge in [0.1, 0.15) is 5.75 Å². The molecule has 8 heteroatoms. The fourth-order valence-corrected chi connectivity index (χ4v) is 4.76. The van der Waals surface area contributed by atoms with Crippen molar-refractivity contribution in [3.63, 3.8) is 0 Å². The van der Waals surface area contributed by atoms with Gasteiger partial charge in [-0.2, -0.15) is 0 Å². The number of aromatic nitrogens is 2. The van der Waals surface area contributed by atoms with Gasteiger partial charge in [0.05, 0.1) is 12.7 Å². The number of thioether (sulfide) groups is 1. The molecule has 2 saturated heterocycles.